The summed E-state index contributed by atoms with van der Waals surface area (Å²) in [5.41, 5.74) is 14.3. The maximum Gasteiger partial charge on any atom is 0.227 e. The molecule has 0 saturated carbocycles. The standard InChI is InChI=1S/C9H10ClN7O/c10-8-7(9(11)14-4-13-8)17-3-5(1-6(17)18)2-15-16-12/h4-5H,1-3H2,(H2,11,13,14). The molecule has 0 radical (unpaired) electrons. The molecule has 1 unspecified atom stereocenters. The van der Waals surface area contributed by atoms with Crippen LogP contribution in [0.3, 0.4) is 0 Å². The Balaban J connectivity index is 2.24. The van der Waals surface area contributed by atoms with Crippen LogP contribution in [-0.2, 0) is 4.79 Å². The maximum absolute atomic E-state index is 11.9. The Kier molecular flexibility index (Phi) is 3.50. The van der Waals surface area contributed by atoms with Crippen molar-refractivity contribution in [2.75, 3.05) is 23.7 Å². The summed E-state index contributed by atoms with van der Waals surface area (Å²) >= 11 is 5.92. The number of halogens is 1. The molecule has 2 heterocycles. The summed E-state index contributed by atoms with van der Waals surface area (Å²) in [5.74, 6) is -0.00611. The van der Waals surface area contributed by atoms with E-state index in [0.717, 1.165) is 0 Å². The van der Waals surface area contributed by atoms with Gasteiger partial charge in [-0.05, 0) is 11.4 Å². The van der Waals surface area contributed by atoms with E-state index in [-0.39, 0.29) is 29.3 Å². The molecule has 1 fully saturated rings. The van der Waals surface area contributed by atoms with E-state index in [9.17, 15) is 4.79 Å². The highest BCUT2D eigenvalue weighted by Crippen LogP contribution is 2.33. The first-order chi connectivity index (χ1) is 8.63. The van der Waals surface area contributed by atoms with E-state index >= 15 is 0 Å². The molecule has 1 atom stereocenters. The third-order valence-corrected chi connectivity index (χ3v) is 2.96. The molecule has 1 amide bonds. The first kappa shape index (κ1) is 12.4. The third-order valence-electron chi connectivity index (χ3n) is 2.68. The third kappa shape index (κ3) is 2.29. The van der Waals surface area contributed by atoms with Crippen LogP contribution in [0.25, 0.3) is 10.4 Å². The molecule has 1 aromatic heterocycles. The lowest BCUT2D eigenvalue weighted by Crippen LogP contribution is -2.26. The number of nitrogens with zero attached hydrogens (tertiary/aromatic N) is 6. The molecule has 2 rings (SSSR count). The van der Waals surface area contributed by atoms with Crippen molar-refractivity contribution in [3.05, 3.63) is 21.9 Å². The fraction of sp³-hybridized carbons (Fsp3) is 0.444. The minimum Gasteiger partial charge on any atom is -0.382 e. The van der Waals surface area contributed by atoms with Crippen molar-refractivity contribution in [1.29, 1.82) is 0 Å². The Hall–Kier alpha value is -2.05. The lowest BCUT2D eigenvalue weighted by Gasteiger charge is -2.18. The Morgan fingerprint density at radius 2 is 2.44 bits per heavy atom. The summed E-state index contributed by atoms with van der Waals surface area (Å²) in [6, 6.07) is 0. The molecule has 1 saturated heterocycles. The summed E-state index contributed by atoms with van der Waals surface area (Å²) in [6.45, 7) is 0.666. The van der Waals surface area contributed by atoms with Crippen LogP contribution in [0, 0.1) is 5.92 Å². The van der Waals surface area contributed by atoms with Gasteiger partial charge >= 0.3 is 0 Å². The number of amides is 1. The zero-order valence-electron chi connectivity index (χ0n) is 9.32. The van der Waals surface area contributed by atoms with Crippen molar-refractivity contribution >= 4 is 29.0 Å². The van der Waals surface area contributed by atoms with Crippen LogP contribution in [0.15, 0.2) is 11.4 Å². The fourth-order valence-corrected chi connectivity index (χ4v) is 2.13. The summed E-state index contributed by atoms with van der Waals surface area (Å²) in [5, 5.41) is 3.61. The molecule has 8 nitrogen and oxygen atoms in total. The molecule has 0 aliphatic carbocycles. The fourth-order valence-electron chi connectivity index (χ4n) is 1.89. The molecular weight excluding hydrogens is 258 g/mol. The van der Waals surface area contributed by atoms with Gasteiger partial charge in [-0.15, -0.1) is 0 Å². The number of carbonyl (C=O) groups is 1. The van der Waals surface area contributed by atoms with Gasteiger partial charge < -0.3 is 10.6 Å². The number of azide groups is 1. The molecule has 1 aliphatic heterocycles. The molecule has 0 bridgehead atoms. The van der Waals surface area contributed by atoms with Crippen LogP contribution < -0.4 is 10.6 Å². The van der Waals surface area contributed by atoms with Gasteiger partial charge in [0.2, 0.25) is 5.91 Å². The minimum absolute atomic E-state index is 0.0379. The summed E-state index contributed by atoms with van der Waals surface area (Å²) in [6.07, 6.45) is 1.53. The normalized spacial score (nSPS) is 18.8. The van der Waals surface area contributed by atoms with Crippen LogP contribution in [0.1, 0.15) is 6.42 Å². The average molecular weight is 268 g/mol. The smallest absolute Gasteiger partial charge is 0.227 e. The molecule has 0 aromatic carbocycles. The van der Waals surface area contributed by atoms with E-state index in [1.54, 1.807) is 0 Å². The van der Waals surface area contributed by atoms with Crippen molar-refractivity contribution < 1.29 is 4.79 Å². The number of anilines is 2. The zero-order valence-corrected chi connectivity index (χ0v) is 10.1. The second-order valence-electron chi connectivity index (χ2n) is 3.89. The van der Waals surface area contributed by atoms with Gasteiger partial charge in [-0.25, -0.2) is 9.97 Å². The summed E-state index contributed by atoms with van der Waals surface area (Å²) < 4.78 is 0. The number of nitrogen functional groups attached to an aromatic ring is 1. The van der Waals surface area contributed by atoms with E-state index < -0.39 is 0 Å². The van der Waals surface area contributed by atoms with Crippen LogP contribution in [-0.4, -0.2) is 29.0 Å². The first-order valence-corrected chi connectivity index (χ1v) is 5.58. The average Bonchev–Trinajstić information content (AvgIpc) is 2.68. The van der Waals surface area contributed by atoms with E-state index in [4.69, 9.17) is 22.9 Å². The van der Waals surface area contributed by atoms with Crippen LogP contribution in [0.5, 0.6) is 0 Å². The highest BCUT2D eigenvalue weighted by atomic mass is 35.5. The maximum atomic E-state index is 11.9. The number of aromatic nitrogens is 2. The molecule has 1 aromatic rings. The number of rotatable bonds is 3. The molecular formula is C9H10ClN7O. The van der Waals surface area contributed by atoms with Crippen molar-refractivity contribution in [1.82, 2.24) is 9.97 Å². The quantitative estimate of drug-likeness (QED) is 0.385. The number of nitrogens with two attached hydrogens (primary N) is 1. The Labute approximate surface area is 107 Å². The lowest BCUT2D eigenvalue weighted by atomic mass is 10.1. The molecule has 9 heteroatoms. The predicted molar refractivity (Wildman–Crippen MR) is 65.9 cm³/mol. The molecule has 0 spiro atoms. The van der Waals surface area contributed by atoms with Crippen molar-refractivity contribution in [3.63, 3.8) is 0 Å². The molecule has 1 aliphatic rings. The van der Waals surface area contributed by atoms with Gasteiger partial charge in [-0.1, -0.05) is 16.7 Å². The van der Waals surface area contributed by atoms with E-state index in [0.29, 0.717) is 18.7 Å². The monoisotopic (exact) mass is 267 g/mol. The Morgan fingerprint density at radius 1 is 1.67 bits per heavy atom. The second-order valence-corrected chi connectivity index (χ2v) is 4.24. The van der Waals surface area contributed by atoms with Gasteiger partial charge in [-0.3, -0.25) is 4.79 Å². The summed E-state index contributed by atoms with van der Waals surface area (Å²) in [7, 11) is 0. The second kappa shape index (κ2) is 5.07. The summed E-state index contributed by atoms with van der Waals surface area (Å²) in [4.78, 5) is 23.6. The van der Waals surface area contributed by atoms with Gasteiger partial charge in [0.1, 0.15) is 12.0 Å². The topological polar surface area (TPSA) is 121 Å². The minimum atomic E-state index is -0.128. The van der Waals surface area contributed by atoms with Crippen molar-refractivity contribution in [3.8, 4) is 0 Å². The SMILES string of the molecule is [N-]=[N+]=NCC1CC(=O)N(c2c(N)ncnc2Cl)C1. The van der Waals surface area contributed by atoms with E-state index in [2.05, 4.69) is 20.0 Å². The van der Waals surface area contributed by atoms with Crippen LogP contribution in [0.4, 0.5) is 11.5 Å². The van der Waals surface area contributed by atoms with Crippen molar-refractivity contribution in [2.24, 2.45) is 11.0 Å². The zero-order chi connectivity index (χ0) is 13.1. The number of hydrogen-bond donors (Lipinski definition) is 1. The van der Waals surface area contributed by atoms with Gasteiger partial charge in [-0.2, -0.15) is 0 Å². The highest BCUT2D eigenvalue weighted by molar-refractivity contribution is 6.33. The Bertz CT molecular complexity index is 507. The predicted octanol–water partition coefficient (Wildman–Crippen LogP) is 1.38. The van der Waals surface area contributed by atoms with Crippen LogP contribution >= 0.6 is 11.6 Å². The van der Waals surface area contributed by atoms with Gasteiger partial charge in [0.05, 0.1) is 0 Å². The number of carbonyl (C=O) groups excluding carboxylic acids is 1. The lowest BCUT2D eigenvalue weighted by molar-refractivity contribution is -0.117. The number of hydrogen-bond acceptors (Lipinski definition) is 5. The Morgan fingerprint density at radius 3 is 3.11 bits per heavy atom. The van der Waals surface area contributed by atoms with Gasteiger partial charge in [0, 0.05) is 24.4 Å². The molecule has 94 valence electrons. The van der Waals surface area contributed by atoms with Gasteiger partial charge in [0.25, 0.3) is 0 Å². The van der Waals surface area contributed by atoms with Gasteiger partial charge in [0.15, 0.2) is 11.0 Å². The molecule has 2 N–H and O–H groups in total. The van der Waals surface area contributed by atoms with Crippen LogP contribution in [0.2, 0.25) is 5.15 Å². The van der Waals surface area contributed by atoms with E-state index in [1.165, 1.54) is 11.2 Å². The highest BCUT2D eigenvalue weighted by Gasteiger charge is 2.33. The molecule has 18 heavy (non-hydrogen) atoms. The van der Waals surface area contributed by atoms with Crippen molar-refractivity contribution in [2.45, 2.75) is 6.42 Å². The van der Waals surface area contributed by atoms with E-state index in [1.807, 2.05) is 0 Å². The first-order valence-electron chi connectivity index (χ1n) is 5.20. The largest absolute Gasteiger partial charge is 0.382 e.